The number of carbonyl (C=O) groups is 3. The Morgan fingerprint density at radius 1 is 1.13 bits per heavy atom. The fraction of sp³-hybridized carbons (Fsp3) is 0.542. The first-order valence-corrected chi connectivity index (χ1v) is 11.9. The van der Waals surface area contributed by atoms with Crippen LogP contribution in [0.4, 0.5) is 4.79 Å². The molecule has 0 N–H and O–H groups in total. The Labute approximate surface area is 186 Å². The maximum atomic E-state index is 13.3. The van der Waals surface area contributed by atoms with Crippen LogP contribution in [0.3, 0.4) is 0 Å². The van der Waals surface area contributed by atoms with E-state index in [0.717, 1.165) is 31.0 Å². The van der Waals surface area contributed by atoms with Crippen molar-refractivity contribution in [3.63, 3.8) is 0 Å². The number of ether oxygens (including phenoxy) is 2. The van der Waals surface area contributed by atoms with E-state index in [1.54, 1.807) is 31.2 Å². The fourth-order valence-electron chi connectivity index (χ4n) is 6.35. The molecule has 2 amide bonds. The molecule has 1 aliphatic heterocycles. The number of benzene rings is 1. The van der Waals surface area contributed by atoms with Crippen LogP contribution in [0.15, 0.2) is 23.1 Å². The number of thioether (sulfide) groups is 1. The van der Waals surface area contributed by atoms with Crippen LogP contribution in [0.5, 0.6) is 11.5 Å². The number of nitrogens with zero attached hydrogens (tertiary/aromatic N) is 1. The van der Waals surface area contributed by atoms with Gasteiger partial charge in [-0.25, -0.2) is 0 Å². The number of imide groups is 1. The zero-order valence-corrected chi connectivity index (χ0v) is 18.7. The first kappa shape index (κ1) is 20.6. The topological polar surface area (TPSA) is 72.9 Å². The third kappa shape index (κ3) is 3.56. The van der Waals surface area contributed by atoms with Gasteiger partial charge < -0.3 is 9.47 Å². The molecule has 1 aromatic rings. The Bertz CT molecular complexity index is 949. The van der Waals surface area contributed by atoms with E-state index < -0.39 is 0 Å². The van der Waals surface area contributed by atoms with Crippen LogP contribution in [0.1, 0.15) is 51.0 Å². The smallest absolute Gasteiger partial charge is 0.317 e. The second-order valence-corrected chi connectivity index (χ2v) is 10.4. The summed E-state index contributed by atoms with van der Waals surface area (Å²) in [6, 6.07) is 5.24. The molecule has 1 heterocycles. The summed E-state index contributed by atoms with van der Waals surface area (Å²) in [6.07, 6.45) is 8.34. The molecule has 0 atom stereocenters. The van der Waals surface area contributed by atoms with Crippen LogP contribution in [0.2, 0.25) is 0 Å². The Kier molecular flexibility index (Phi) is 5.12. The van der Waals surface area contributed by atoms with Crippen LogP contribution in [-0.2, 0) is 9.59 Å². The van der Waals surface area contributed by atoms with E-state index in [-0.39, 0.29) is 22.5 Å². The van der Waals surface area contributed by atoms with Crippen molar-refractivity contribution in [1.29, 1.82) is 0 Å². The molecule has 0 unspecified atom stereocenters. The van der Waals surface area contributed by atoms with Gasteiger partial charge >= 0.3 is 5.97 Å². The largest absolute Gasteiger partial charge is 0.493 e. The van der Waals surface area contributed by atoms with Crippen molar-refractivity contribution >= 4 is 35.0 Å². The molecule has 4 bridgehead atoms. The SMILES string of the molecule is CCN1C(=O)S/C(=C\c2ccc(OC(=O)C34CC5CC(CC(C5)C3)C4)c(OC)c2)C1=O. The number of hydrogen-bond donors (Lipinski definition) is 0. The third-order valence-corrected chi connectivity index (χ3v) is 8.26. The van der Waals surface area contributed by atoms with Crippen molar-refractivity contribution in [2.45, 2.75) is 45.4 Å². The Balaban J connectivity index is 1.35. The molecule has 4 aliphatic carbocycles. The molecule has 6 nitrogen and oxygen atoms in total. The van der Waals surface area contributed by atoms with E-state index in [1.165, 1.54) is 31.3 Å². The number of likely N-dealkylation sites (N-methyl/N-ethyl adjacent to an activating group) is 1. The lowest BCUT2D eigenvalue weighted by Crippen LogP contribution is -2.51. The van der Waals surface area contributed by atoms with Crippen molar-refractivity contribution in [2.24, 2.45) is 23.2 Å². The van der Waals surface area contributed by atoms with Gasteiger partial charge in [0.1, 0.15) is 0 Å². The first-order chi connectivity index (χ1) is 14.9. The monoisotopic (exact) mass is 441 g/mol. The maximum absolute atomic E-state index is 13.3. The van der Waals surface area contributed by atoms with Gasteiger partial charge in [-0.1, -0.05) is 6.07 Å². The predicted molar refractivity (Wildman–Crippen MR) is 118 cm³/mol. The minimum atomic E-state index is -0.336. The van der Waals surface area contributed by atoms with Crippen molar-refractivity contribution in [3.05, 3.63) is 28.7 Å². The van der Waals surface area contributed by atoms with Gasteiger partial charge in [-0.2, -0.15) is 0 Å². The Morgan fingerprint density at radius 2 is 1.77 bits per heavy atom. The minimum absolute atomic E-state index is 0.123. The molecular weight excluding hydrogens is 414 g/mol. The van der Waals surface area contributed by atoms with Crippen LogP contribution >= 0.6 is 11.8 Å². The molecule has 0 spiro atoms. The predicted octanol–water partition coefficient (Wildman–Crippen LogP) is 4.87. The van der Waals surface area contributed by atoms with Crippen LogP contribution in [-0.4, -0.2) is 35.7 Å². The van der Waals surface area contributed by atoms with Gasteiger partial charge in [0.2, 0.25) is 0 Å². The molecule has 5 fully saturated rings. The molecule has 31 heavy (non-hydrogen) atoms. The number of esters is 1. The molecule has 1 aromatic carbocycles. The first-order valence-electron chi connectivity index (χ1n) is 11.1. The van der Waals surface area contributed by atoms with Crippen LogP contribution < -0.4 is 9.47 Å². The standard InChI is InChI=1S/C24H27NO5S/c1-3-25-21(26)20(31-23(25)28)10-14-4-5-18(19(9-14)29-2)30-22(27)24-11-15-6-16(12-24)8-17(7-15)13-24/h4-5,9-10,15-17H,3,6-8,11-13H2,1-2H3/b20-10-. The summed E-state index contributed by atoms with van der Waals surface area (Å²) in [5.74, 6) is 2.45. The van der Waals surface area contributed by atoms with Crippen molar-refractivity contribution in [2.75, 3.05) is 13.7 Å². The van der Waals surface area contributed by atoms with Gasteiger partial charge in [-0.05, 0) is 98.7 Å². The van der Waals surface area contributed by atoms with E-state index in [0.29, 0.717) is 46.3 Å². The van der Waals surface area contributed by atoms with Gasteiger partial charge in [0.15, 0.2) is 11.5 Å². The summed E-state index contributed by atoms with van der Waals surface area (Å²) < 4.78 is 11.4. The molecule has 6 rings (SSSR count). The van der Waals surface area contributed by atoms with Crippen molar-refractivity contribution in [1.82, 2.24) is 4.90 Å². The lowest BCUT2D eigenvalue weighted by atomic mass is 9.49. The highest BCUT2D eigenvalue weighted by Gasteiger charge is 2.55. The lowest BCUT2D eigenvalue weighted by Gasteiger charge is -2.55. The van der Waals surface area contributed by atoms with E-state index in [2.05, 4.69) is 0 Å². The van der Waals surface area contributed by atoms with Crippen molar-refractivity contribution < 1.29 is 23.9 Å². The molecule has 0 aromatic heterocycles. The summed E-state index contributed by atoms with van der Waals surface area (Å²) in [4.78, 5) is 39.1. The summed E-state index contributed by atoms with van der Waals surface area (Å²) in [5, 5.41) is -0.258. The second-order valence-electron chi connectivity index (χ2n) is 9.42. The summed E-state index contributed by atoms with van der Waals surface area (Å²) >= 11 is 0.934. The number of methoxy groups -OCH3 is 1. The average Bonchev–Trinajstić information content (AvgIpc) is 3.00. The maximum Gasteiger partial charge on any atom is 0.317 e. The Hall–Kier alpha value is -2.28. The summed E-state index contributed by atoms with van der Waals surface area (Å²) in [6.45, 7) is 2.12. The summed E-state index contributed by atoms with van der Waals surface area (Å²) in [5.41, 5.74) is 0.380. The molecule has 164 valence electrons. The Morgan fingerprint density at radius 3 is 2.32 bits per heavy atom. The van der Waals surface area contributed by atoms with E-state index in [4.69, 9.17) is 9.47 Å². The number of hydrogen-bond acceptors (Lipinski definition) is 6. The van der Waals surface area contributed by atoms with Gasteiger partial charge in [0, 0.05) is 6.54 Å². The van der Waals surface area contributed by atoms with E-state index in [1.807, 2.05) is 0 Å². The average molecular weight is 442 g/mol. The highest BCUT2D eigenvalue weighted by atomic mass is 32.2. The van der Waals surface area contributed by atoms with Crippen LogP contribution in [0, 0.1) is 23.2 Å². The van der Waals surface area contributed by atoms with Crippen LogP contribution in [0.25, 0.3) is 6.08 Å². The molecule has 4 saturated carbocycles. The zero-order valence-electron chi connectivity index (χ0n) is 17.9. The minimum Gasteiger partial charge on any atom is -0.493 e. The van der Waals surface area contributed by atoms with E-state index in [9.17, 15) is 14.4 Å². The fourth-order valence-corrected chi connectivity index (χ4v) is 7.25. The number of rotatable bonds is 5. The molecule has 0 radical (unpaired) electrons. The molecule has 1 saturated heterocycles. The highest BCUT2D eigenvalue weighted by Crippen LogP contribution is 2.60. The summed E-state index contributed by atoms with van der Waals surface area (Å²) in [7, 11) is 1.53. The van der Waals surface area contributed by atoms with E-state index >= 15 is 0 Å². The zero-order chi connectivity index (χ0) is 21.8. The normalized spacial score (nSPS) is 32.8. The van der Waals surface area contributed by atoms with Gasteiger partial charge in [0.25, 0.3) is 11.1 Å². The van der Waals surface area contributed by atoms with Crippen molar-refractivity contribution in [3.8, 4) is 11.5 Å². The number of carbonyl (C=O) groups excluding carboxylic acids is 3. The van der Waals surface area contributed by atoms with Gasteiger partial charge in [-0.15, -0.1) is 0 Å². The lowest BCUT2D eigenvalue weighted by molar-refractivity contribution is -0.161. The molecule has 5 aliphatic rings. The third-order valence-electron chi connectivity index (χ3n) is 7.35. The highest BCUT2D eigenvalue weighted by molar-refractivity contribution is 8.18. The van der Waals surface area contributed by atoms with Gasteiger partial charge in [0.05, 0.1) is 17.4 Å². The second kappa shape index (κ2) is 7.69. The quantitative estimate of drug-likeness (QED) is 0.369. The van der Waals surface area contributed by atoms with Gasteiger partial charge in [-0.3, -0.25) is 19.3 Å². The molecular formula is C24H27NO5S. The number of amides is 2. The molecule has 7 heteroatoms.